The van der Waals surface area contributed by atoms with Crippen molar-refractivity contribution in [1.82, 2.24) is 0 Å². The van der Waals surface area contributed by atoms with Crippen molar-refractivity contribution in [3.8, 4) is 0 Å². The average molecular weight is 226 g/mol. The monoisotopic (exact) mass is 226 g/mol. The first-order chi connectivity index (χ1) is 8.25. The van der Waals surface area contributed by atoms with Crippen LogP contribution in [-0.2, 0) is 0 Å². The van der Waals surface area contributed by atoms with Gasteiger partial charge in [0.25, 0.3) is 0 Å². The smallest absolute Gasteiger partial charge is 0.166 e. The standard InChI is InChI=1S/C16H18O/c1-9-2-4-10(5-3-9)16(17)15-13-11-6-7-12(8-11)14(13)15/h2-5,11-15H,6-8H2,1H3. The summed E-state index contributed by atoms with van der Waals surface area (Å²) in [6.07, 6.45) is 4.21. The molecule has 3 saturated carbocycles. The number of carbonyl (C=O) groups is 1. The van der Waals surface area contributed by atoms with Gasteiger partial charge >= 0.3 is 0 Å². The molecule has 4 rings (SSSR count). The molecule has 0 heterocycles. The molecule has 3 aliphatic rings. The molecule has 0 aromatic heterocycles. The highest BCUT2D eigenvalue weighted by Gasteiger charge is 2.67. The Morgan fingerprint density at radius 1 is 1.06 bits per heavy atom. The fraction of sp³-hybridized carbons (Fsp3) is 0.562. The van der Waals surface area contributed by atoms with Crippen LogP contribution >= 0.6 is 0 Å². The summed E-state index contributed by atoms with van der Waals surface area (Å²) in [5.41, 5.74) is 2.17. The van der Waals surface area contributed by atoms with Crippen molar-refractivity contribution < 1.29 is 4.79 Å². The quantitative estimate of drug-likeness (QED) is 0.706. The normalized spacial score (nSPS) is 41.4. The van der Waals surface area contributed by atoms with Gasteiger partial charge in [0.05, 0.1) is 0 Å². The van der Waals surface area contributed by atoms with Crippen LogP contribution in [0.1, 0.15) is 35.2 Å². The van der Waals surface area contributed by atoms with E-state index in [1.54, 1.807) is 0 Å². The second-order valence-electron chi connectivity index (χ2n) is 6.24. The molecule has 4 atom stereocenters. The van der Waals surface area contributed by atoms with Crippen molar-refractivity contribution in [1.29, 1.82) is 0 Å². The second-order valence-corrected chi connectivity index (χ2v) is 6.24. The van der Waals surface area contributed by atoms with Gasteiger partial charge < -0.3 is 0 Å². The van der Waals surface area contributed by atoms with E-state index in [9.17, 15) is 4.79 Å². The number of carbonyl (C=O) groups excluding carboxylic acids is 1. The Labute approximate surface area is 102 Å². The fourth-order valence-corrected chi connectivity index (χ4v) is 4.59. The van der Waals surface area contributed by atoms with E-state index in [4.69, 9.17) is 0 Å². The highest BCUT2D eigenvalue weighted by molar-refractivity contribution is 6.00. The Bertz CT molecular complexity index is 457. The largest absolute Gasteiger partial charge is 0.294 e. The van der Waals surface area contributed by atoms with E-state index in [-0.39, 0.29) is 0 Å². The number of benzene rings is 1. The summed E-state index contributed by atoms with van der Waals surface area (Å²) in [5, 5.41) is 0. The first-order valence-corrected chi connectivity index (χ1v) is 6.86. The number of hydrogen-bond donors (Lipinski definition) is 0. The summed E-state index contributed by atoms with van der Waals surface area (Å²) in [6.45, 7) is 2.07. The van der Waals surface area contributed by atoms with Gasteiger partial charge in [0.15, 0.2) is 5.78 Å². The molecule has 0 amide bonds. The maximum Gasteiger partial charge on any atom is 0.166 e. The Balaban J connectivity index is 1.58. The van der Waals surface area contributed by atoms with Crippen molar-refractivity contribution in [2.24, 2.45) is 29.6 Å². The number of ketones is 1. The number of hydrogen-bond acceptors (Lipinski definition) is 1. The van der Waals surface area contributed by atoms with Gasteiger partial charge in [0.2, 0.25) is 0 Å². The summed E-state index contributed by atoms with van der Waals surface area (Å²) in [4.78, 5) is 12.5. The van der Waals surface area contributed by atoms with Crippen molar-refractivity contribution in [3.05, 3.63) is 35.4 Å². The fourth-order valence-electron chi connectivity index (χ4n) is 4.59. The molecule has 0 spiro atoms. The van der Waals surface area contributed by atoms with E-state index in [1.165, 1.54) is 24.8 Å². The molecule has 0 radical (unpaired) electrons. The Hall–Kier alpha value is -1.11. The minimum Gasteiger partial charge on any atom is -0.294 e. The first-order valence-electron chi connectivity index (χ1n) is 6.86. The maximum absolute atomic E-state index is 12.5. The summed E-state index contributed by atoms with van der Waals surface area (Å²) >= 11 is 0. The van der Waals surface area contributed by atoms with Gasteiger partial charge in [-0.25, -0.2) is 0 Å². The van der Waals surface area contributed by atoms with E-state index in [1.807, 2.05) is 12.1 Å². The SMILES string of the molecule is Cc1ccc(C(=O)C2C3C4CCC(C4)C23)cc1. The summed E-state index contributed by atoms with van der Waals surface area (Å²) < 4.78 is 0. The lowest BCUT2D eigenvalue weighted by molar-refractivity contribution is 0.0944. The molecule has 88 valence electrons. The van der Waals surface area contributed by atoms with Crippen molar-refractivity contribution in [2.75, 3.05) is 0 Å². The minimum atomic E-state index is 0.393. The van der Waals surface area contributed by atoms with Gasteiger partial charge in [-0.2, -0.15) is 0 Å². The number of fused-ring (bicyclic) bond motifs is 5. The third-order valence-corrected chi connectivity index (χ3v) is 5.37. The van der Waals surface area contributed by atoms with Crippen molar-refractivity contribution in [3.63, 3.8) is 0 Å². The molecule has 1 aromatic carbocycles. The number of aryl methyl sites for hydroxylation is 1. The Morgan fingerprint density at radius 3 is 2.24 bits per heavy atom. The van der Waals surface area contributed by atoms with Gasteiger partial charge in [-0.3, -0.25) is 4.79 Å². The van der Waals surface area contributed by atoms with Crippen LogP contribution in [0.2, 0.25) is 0 Å². The molecule has 0 N–H and O–H groups in total. The van der Waals surface area contributed by atoms with Crippen LogP contribution in [-0.4, -0.2) is 5.78 Å². The molecule has 1 nitrogen and oxygen atoms in total. The van der Waals surface area contributed by atoms with Crippen LogP contribution < -0.4 is 0 Å². The van der Waals surface area contributed by atoms with Crippen LogP contribution in [0.25, 0.3) is 0 Å². The highest BCUT2D eigenvalue weighted by Crippen LogP contribution is 2.69. The third-order valence-electron chi connectivity index (χ3n) is 5.37. The zero-order valence-electron chi connectivity index (χ0n) is 10.2. The van der Waals surface area contributed by atoms with Gasteiger partial charge in [-0.15, -0.1) is 0 Å². The Morgan fingerprint density at radius 2 is 1.65 bits per heavy atom. The predicted molar refractivity (Wildman–Crippen MR) is 66.8 cm³/mol. The van der Waals surface area contributed by atoms with Crippen LogP contribution in [0.4, 0.5) is 0 Å². The molecule has 0 aliphatic heterocycles. The molecule has 1 aromatic rings. The van der Waals surface area contributed by atoms with Crippen molar-refractivity contribution in [2.45, 2.75) is 26.2 Å². The average Bonchev–Trinajstić information content (AvgIpc) is 2.77. The molecular formula is C16H18O. The molecule has 3 aliphatic carbocycles. The summed E-state index contributed by atoms with van der Waals surface area (Å²) in [5.74, 6) is 4.14. The predicted octanol–water partition coefficient (Wildman–Crippen LogP) is 3.47. The van der Waals surface area contributed by atoms with Gasteiger partial charge in [0, 0.05) is 11.5 Å². The molecule has 1 heteroatoms. The molecule has 2 bridgehead atoms. The van der Waals surface area contributed by atoms with E-state index in [0.717, 1.165) is 29.2 Å². The van der Waals surface area contributed by atoms with Crippen molar-refractivity contribution >= 4 is 5.78 Å². The Kier molecular flexibility index (Phi) is 1.87. The minimum absolute atomic E-state index is 0.393. The lowest BCUT2D eigenvalue weighted by atomic mass is 9.96. The van der Waals surface area contributed by atoms with E-state index < -0.39 is 0 Å². The second kappa shape index (κ2) is 3.22. The lowest BCUT2D eigenvalue weighted by Crippen LogP contribution is -2.09. The van der Waals surface area contributed by atoms with Crippen LogP contribution in [0.3, 0.4) is 0 Å². The zero-order chi connectivity index (χ0) is 11.6. The molecule has 3 fully saturated rings. The number of Topliss-reactive ketones (excluding diaryl/α,β-unsaturated/α-hetero) is 1. The lowest BCUT2D eigenvalue weighted by Gasteiger charge is -2.07. The topological polar surface area (TPSA) is 17.1 Å². The van der Waals surface area contributed by atoms with Crippen LogP contribution in [0.15, 0.2) is 24.3 Å². The third kappa shape index (κ3) is 1.28. The maximum atomic E-state index is 12.5. The highest BCUT2D eigenvalue weighted by atomic mass is 16.1. The van der Waals surface area contributed by atoms with Gasteiger partial charge in [-0.05, 0) is 49.9 Å². The van der Waals surface area contributed by atoms with Gasteiger partial charge in [0.1, 0.15) is 0 Å². The van der Waals surface area contributed by atoms with Crippen LogP contribution in [0, 0.1) is 36.5 Å². The number of rotatable bonds is 2. The summed E-state index contributed by atoms with van der Waals surface area (Å²) in [7, 11) is 0. The van der Waals surface area contributed by atoms with E-state index in [0.29, 0.717) is 11.7 Å². The molecule has 0 saturated heterocycles. The zero-order valence-corrected chi connectivity index (χ0v) is 10.2. The summed E-state index contributed by atoms with van der Waals surface area (Å²) in [6, 6.07) is 8.13. The molecule has 17 heavy (non-hydrogen) atoms. The van der Waals surface area contributed by atoms with Gasteiger partial charge in [-0.1, -0.05) is 29.8 Å². The van der Waals surface area contributed by atoms with E-state index in [2.05, 4.69) is 19.1 Å². The first kappa shape index (κ1) is 9.87. The molecular weight excluding hydrogens is 208 g/mol. The molecule has 4 unspecified atom stereocenters. The van der Waals surface area contributed by atoms with E-state index >= 15 is 0 Å². The van der Waals surface area contributed by atoms with Crippen LogP contribution in [0.5, 0.6) is 0 Å².